The number of carbonyl (C=O) groups is 2. The lowest BCUT2D eigenvalue weighted by Crippen LogP contribution is -2.33. The number of likely N-dealkylation sites (N-methyl/N-ethyl adjacent to an activating group) is 1. The average molecular weight is 360 g/mol. The molecule has 0 bridgehead atoms. The third-order valence-electron chi connectivity index (χ3n) is 4.53. The second-order valence-corrected chi connectivity index (χ2v) is 6.31. The fourth-order valence-corrected chi connectivity index (χ4v) is 3.16. The average Bonchev–Trinajstić information content (AvgIpc) is 2.68. The SMILES string of the molecule is Cc1cncc(N(C)C(=O)C(c2ccccc2)c2ccccc2)c1C(=O)O. The van der Waals surface area contributed by atoms with Gasteiger partial charge in [-0.3, -0.25) is 9.78 Å². The Balaban J connectivity index is 2.08. The van der Waals surface area contributed by atoms with E-state index in [1.807, 2.05) is 60.7 Å². The molecule has 5 heteroatoms. The van der Waals surface area contributed by atoms with Gasteiger partial charge in [-0.15, -0.1) is 0 Å². The van der Waals surface area contributed by atoms with Gasteiger partial charge < -0.3 is 10.0 Å². The van der Waals surface area contributed by atoms with Crippen molar-refractivity contribution in [1.29, 1.82) is 0 Å². The van der Waals surface area contributed by atoms with Gasteiger partial charge in [0.05, 0.1) is 23.4 Å². The number of amides is 1. The third kappa shape index (κ3) is 3.72. The number of pyridine rings is 1. The summed E-state index contributed by atoms with van der Waals surface area (Å²) in [5.41, 5.74) is 2.57. The van der Waals surface area contributed by atoms with E-state index in [0.29, 0.717) is 5.56 Å². The van der Waals surface area contributed by atoms with Crippen LogP contribution in [0.4, 0.5) is 5.69 Å². The van der Waals surface area contributed by atoms with Gasteiger partial charge in [-0.25, -0.2) is 4.79 Å². The zero-order chi connectivity index (χ0) is 19.4. The molecule has 3 rings (SSSR count). The molecule has 1 amide bonds. The van der Waals surface area contributed by atoms with Crippen molar-refractivity contribution in [2.45, 2.75) is 12.8 Å². The van der Waals surface area contributed by atoms with Gasteiger partial charge in [0.1, 0.15) is 0 Å². The highest BCUT2D eigenvalue weighted by Crippen LogP contribution is 2.30. The number of aryl methyl sites for hydroxylation is 1. The Morgan fingerprint density at radius 2 is 1.44 bits per heavy atom. The van der Waals surface area contributed by atoms with Gasteiger partial charge in [0.15, 0.2) is 0 Å². The molecule has 27 heavy (non-hydrogen) atoms. The molecule has 0 spiro atoms. The lowest BCUT2D eigenvalue weighted by atomic mass is 9.90. The number of carboxylic acids is 1. The minimum Gasteiger partial charge on any atom is -0.478 e. The predicted molar refractivity (Wildman–Crippen MR) is 104 cm³/mol. The summed E-state index contributed by atoms with van der Waals surface area (Å²) in [6.45, 7) is 1.67. The molecule has 0 aliphatic carbocycles. The minimum absolute atomic E-state index is 0.0840. The van der Waals surface area contributed by atoms with Gasteiger partial charge in [0.2, 0.25) is 5.91 Å². The number of rotatable bonds is 5. The molecule has 1 heterocycles. The lowest BCUT2D eigenvalue weighted by molar-refractivity contribution is -0.118. The first kappa shape index (κ1) is 18.3. The second kappa shape index (κ2) is 7.83. The standard InChI is InChI=1S/C22H20N2O3/c1-15-13-23-14-18(19(15)22(26)27)24(2)21(25)20(16-9-5-3-6-10-16)17-11-7-4-8-12-17/h3-14,20H,1-2H3,(H,26,27). The number of aromatic nitrogens is 1. The highest BCUT2D eigenvalue weighted by atomic mass is 16.4. The summed E-state index contributed by atoms with van der Waals surface area (Å²) >= 11 is 0. The van der Waals surface area contributed by atoms with E-state index >= 15 is 0 Å². The van der Waals surface area contributed by atoms with Crippen molar-refractivity contribution >= 4 is 17.6 Å². The van der Waals surface area contributed by atoms with Crippen LogP contribution < -0.4 is 4.90 Å². The van der Waals surface area contributed by atoms with E-state index in [9.17, 15) is 14.7 Å². The molecule has 1 aromatic heterocycles. The summed E-state index contributed by atoms with van der Waals surface area (Å²) in [7, 11) is 1.59. The molecule has 136 valence electrons. The van der Waals surface area contributed by atoms with Crippen molar-refractivity contribution in [3.05, 3.63) is 95.3 Å². The maximum atomic E-state index is 13.4. The molecule has 0 aliphatic heterocycles. The number of benzene rings is 2. The summed E-state index contributed by atoms with van der Waals surface area (Å²) in [6.07, 6.45) is 2.90. The van der Waals surface area contributed by atoms with Gasteiger partial charge in [-0.2, -0.15) is 0 Å². The molecular weight excluding hydrogens is 340 g/mol. The highest BCUT2D eigenvalue weighted by molar-refractivity contribution is 6.05. The van der Waals surface area contributed by atoms with Crippen LogP contribution in [0.5, 0.6) is 0 Å². The molecule has 0 atom stereocenters. The van der Waals surface area contributed by atoms with Crippen LogP contribution in [-0.2, 0) is 4.79 Å². The van der Waals surface area contributed by atoms with Crippen LogP contribution in [0.3, 0.4) is 0 Å². The number of carboxylic acid groups (broad SMARTS) is 1. The van der Waals surface area contributed by atoms with Crippen molar-refractivity contribution in [2.75, 3.05) is 11.9 Å². The molecule has 1 N–H and O–H groups in total. The van der Waals surface area contributed by atoms with Crippen LogP contribution >= 0.6 is 0 Å². The Kier molecular flexibility index (Phi) is 5.31. The van der Waals surface area contributed by atoms with Crippen molar-refractivity contribution in [1.82, 2.24) is 4.98 Å². The molecular formula is C22H20N2O3. The molecule has 0 fully saturated rings. The smallest absolute Gasteiger partial charge is 0.338 e. The maximum absolute atomic E-state index is 13.4. The number of nitrogens with zero attached hydrogens (tertiary/aromatic N) is 2. The monoisotopic (exact) mass is 360 g/mol. The van der Waals surface area contributed by atoms with E-state index < -0.39 is 11.9 Å². The molecule has 5 nitrogen and oxygen atoms in total. The second-order valence-electron chi connectivity index (χ2n) is 6.31. The number of hydrogen-bond donors (Lipinski definition) is 1. The van der Waals surface area contributed by atoms with E-state index in [2.05, 4.69) is 4.98 Å². The Morgan fingerprint density at radius 3 is 1.93 bits per heavy atom. The Hall–Kier alpha value is -3.47. The molecule has 0 aliphatic rings. The summed E-state index contributed by atoms with van der Waals surface area (Å²) in [6, 6.07) is 18.9. The quantitative estimate of drug-likeness (QED) is 0.749. The van der Waals surface area contributed by atoms with Crippen LogP contribution in [0.2, 0.25) is 0 Å². The zero-order valence-corrected chi connectivity index (χ0v) is 15.2. The van der Waals surface area contributed by atoms with E-state index in [1.54, 1.807) is 14.0 Å². The first-order valence-corrected chi connectivity index (χ1v) is 8.56. The zero-order valence-electron chi connectivity index (χ0n) is 15.2. The van der Waals surface area contributed by atoms with Crippen LogP contribution in [0.1, 0.15) is 33.0 Å². The van der Waals surface area contributed by atoms with Crippen molar-refractivity contribution < 1.29 is 14.7 Å². The Labute approximate surface area is 157 Å². The lowest BCUT2D eigenvalue weighted by Gasteiger charge is -2.26. The van der Waals surface area contributed by atoms with Crippen molar-refractivity contribution in [2.24, 2.45) is 0 Å². The molecule has 2 aromatic carbocycles. The van der Waals surface area contributed by atoms with Gasteiger partial charge in [0, 0.05) is 13.2 Å². The van der Waals surface area contributed by atoms with Crippen molar-refractivity contribution in [3.63, 3.8) is 0 Å². The van der Waals surface area contributed by atoms with E-state index in [4.69, 9.17) is 0 Å². The van der Waals surface area contributed by atoms with E-state index in [-0.39, 0.29) is 17.2 Å². The summed E-state index contributed by atoms with van der Waals surface area (Å²) in [5.74, 6) is -1.85. The number of aromatic carboxylic acids is 1. The van der Waals surface area contributed by atoms with Crippen LogP contribution in [0.15, 0.2) is 73.1 Å². The predicted octanol–water partition coefficient (Wildman–Crippen LogP) is 3.88. The fourth-order valence-electron chi connectivity index (χ4n) is 3.16. The number of carbonyl (C=O) groups excluding carboxylic acids is 1. The molecule has 0 saturated carbocycles. The first-order chi connectivity index (χ1) is 13.0. The molecule has 3 aromatic rings. The Morgan fingerprint density at radius 1 is 0.926 bits per heavy atom. The summed E-state index contributed by atoms with van der Waals surface area (Å²) in [4.78, 5) is 30.6. The summed E-state index contributed by atoms with van der Waals surface area (Å²) < 4.78 is 0. The Bertz CT molecular complexity index is 916. The fraction of sp³-hybridized carbons (Fsp3) is 0.136. The van der Waals surface area contributed by atoms with Crippen molar-refractivity contribution in [3.8, 4) is 0 Å². The maximum Gasteiger partial charge on any atom is 0.338 e. The van der Waals surface area contributed by atoms with Gasteiger partial charge in [-0.1, -0.05) is 60.7 Å². The van der Waals surface area contributed by atoms with Crippen LogP contribution in [-0.4, -0.2) is 29.0 Å². The normalized spacial score (nSPS) is 10.6. The van der Waals surface area contributed by atoms with Crippen LogP contribution in [0.25, 0.3) is 0 Å². The molecule has 0 radical (unpaired) electrons. The molecule has 0 unspecified atom stereocenters. The number of hydrogen-bond acceptors (Lipinski definition) is 3. The largest absolute Gasteiger partial charge is 0.478 e. The minimum atomic E-state index is -1.08. The topological polar surface area (TPSA) is 70.5 Å². The van der Waals surface area contributed by atoms with Gasteiger partial charge in [-0.05, 0) is 23.6 Å². The molecule has 0 saturated heterocycles. The summed E-state index contributed by atoms with van der Waals surface area (Å²) in [5, 5.41) is 9.58. The van der Waals surface area contributed by atoms with E-state index in [0.717, 1.165) is 11.1 Å². The number of anilines is 1. The highest BCUT2D eigenvalue weighted by Gasteiger charge is 2.29. The first-order valence-electron chi connectivity index (χ1n) is 8.56. The van der Waals surface area contributed by atoms with E-state index in [1.165, 1.54) is 17.3 Å². The van der Waals surface area contributed by atoms with Gasteiger partial charge >= 0.3 is 5.97 Å². The third-order valence-corrected chi connectivity index (χ3v) is 4.53. The van der Waals surface area contributed by atoms with Gasteiger partial charge in [0.25, 0.3) is 0 Å². The van der Waals surface area contributed by atoms with Crippen LogP contribution in [0, 0.1) is 6.92 Å².